The van der Waals surface area contributed by atoms with Crippen molar-refractivity contribution in [3.8, 4) is 0 Å². The number of nitrogens with one attached hydrogen (secondary N) is 3. The van der Waals surface area contributed by atoms with E-state index in [9.17, 15) is 9.59 Å². The highest BCUT2D eigenvalue weighted by Crippen LogP contribution is 2.23. The van der Waals surface area contributed by atoms with Crippen molar-refractivity contribution in [1.82, 2.24) is 10.6 Å². The highest BCUT2D eigenvalue weighted by molar-refractivity contribution is 5.95. The molecule has 0 aromatic heterocycles. The van der Waals surface area contributed by atoms with Gasteiger partial charge in [0.25, 0.3) is 0 Å². The number of amides is 2. The van der Waals surface area contributed by atoms with Crippen LogP contribution in [-0.4, -0.2) is 37.0 Å². The zero-order valence-corrected chi connectivity index (χ0v) is 14.0. The zero-order valence-electron chi connectivity index (χ0n) is 14.0. The van der Waals surface area contributed by atoms with E-state index < -0.39 is 0 Å². The Kier molecular flexibility index (Phi) is 5.38. The Labute approximate surface area is 137 Å². The maximum atomic E-state index is 12.3. The Bertz CT molecular complexity index is 563. The largest absolute Gasteiger partial charge is 0.351 e. The normalized spacial score (nSPS) is 21.0. The minimum atomic E-state index is -0.305. The number of carbonyl (C=O) groups excluding carboxylic acids is 2. The van der Waals surface area contributed by atoms with Crippen LogP contribution in [0.3, 0.4) is 0 Å². The average molecular weight is 318 g/mol. The van der Waals surface area contributed by atoms with Crippen LogP contribution in [0.1, 0.15) is 32.8 Å². The molecular weight excluding hydrogens is 292 g/mol. The third-order valence-electron chi connectivity index (χ3n) is 4.02. The van der Waals surface area contributed by atoms with E-state index in [1.807, 2.05) is 24.3 Å². The van der Waals surface area contributed by atoms with E-state index in [0.717, 1.165) is 5.69 Å². The summed E-state index contributed by atoms with van der Waals surface area (Å²) in [5.41, 5.74) is 7.36. The minimum Gasteiger partial charge on any atom is -0.351 e. The molecule has 1 heterocycles. The molecule has 0 radical (unpaired) electrons. The molecule has 2 amide bonds. The van der Waals surface area contributed by atoms with Crippen molar-refractivity contribution in [1.29, 1.82) is 0 Å². The van der Waals surface area contributed by atoms with E-state index >= 15 is 0 Å². The van der Waals surface area contributed by atoms with Crippen molar-refractivity contribution >= 4 is 17.5 Å². The van der Waals surface area contributed by atoms with Crippen LogP contribution in [0.15, 0.2) is 24.3 Å². The molecule has 2 unspecified atom stereocenters. The quantitative estimate of drug-likeness (QED) is 0.658. The second-order valence-electron chi connectivity index (χ2n) is 6.98. The summed E-state index contributed by atoms with van der Waals surface area (Å²) in [6, 6.07) is 7.54. The van der Waals surface area contributed by atoms with Gasteiger partial charge >= 0.3 is 0 Å². The van der Waals surface area contributed by atoms with E-state index in [1.54, 1.807) is 0 Å². The molecule has 1 aromatic carbocycles. The standard InChI is InChI=1S/C17H26N4O2/c1-17(2,3)11-4-6-12(7-5-11)21-16(23)14-8-13(10-19-14)20-15(22)9-18/h4-7,13-14,19H,8-10,18H2,1-3H3,(H,20,22)(H,21,23). The van der Waals surface area contributed by atoms with E-state index in [2.05, 4.69) is 36.7 Å². The van der Waals surface area contributed by atoms with Crippen LogP contribution in [-0.2, 0) is 15.0 Å². The number of nitrogens with two attached hydrogens (primary N) is 1. The summed E-state index contributed by atoms with van der Waals surface area (Å²) in [4.78, 5) is 23.6. The maximum Gasteiger partial charge on any atom is 0.241 e. The van der Waals surface area contributed by atoms with Crippen molar-refractivity contribution in [2.45, 2.75) is 44.7 Å². The number of anilines is 1. The Morgan fingerprint density at radius 3 is 2.48 bits per heavy atom. The number of benzene rings is 1. The molecule has 1 fully saturated rings. The van der Waals surface area contributed by atoms with Crippen LogP contribution < -0.4 is 21.7 Å². The highest BCUT2D eigenvalue weighted by atomic mass is 16.2. The number of hydrogen-bond donors (Lipinski definition) is 4. The first-order valence-electron chi connectivity index (χ1n) is 7.94. The van der Waals surface area contributed by atoms with E-state index in [1.165, 1.54) is 5.56 Å². The predicted molar refractivity (Wildman–Crippen MR) is 91.2 cm³/mol. The van der Waals surface area contributed by atoms with Crippen molar-refractivity contribution in [3.05, 3.63) is 29.8 Å². The number of carbonyl (C=O) groups is 2. The van der Waals surface area contributed by atoms with Gasteiger partial charge in [-0.25, -0.2) is 0 Å². The molecule has 6 nitrogen and oxygen atoms in total. The molecule has 1 aliphatic rings. The van der Waals surface area contributed by atoms with Crippen LogP contribution in [0.2, 0.25) is 0 Å². The molecule has 0 saturated carbocycles. The Morgan fingerprint density at radius 2 is 1.91 bits per heavy atom. The second-order valence-corrected chi connectivity index (χ2v) is 6.98. The molecule has 6 heteroatoms. The van der Waals surface area contributed by atoms with Gasteiger partial charge in [-0.15, -0.1) is 0 Å². The van der Waals surface area contributed by atoms with Gasteiger partial charge in [-0.05, 0) is 29.5 Å². The van der Waals surface area contributed by atoms with Gasteiger partial charge in [0.05, 0.1) is 12.6 Å². The van der Waals surface area contributed by atoms with E-state index in [-0.39, 0.29) is 35.9 Å². The van der Waals surface area contributed by atoms with Gasteiger partial charge in [-0.1, -0.05) is 32.9 Å². The number of hydrogen-bond acceptors (Lipinski definition) is 4. The second kappa shape index (κ2) is 7.10. The van der Waals surface area contributed by atoms with Gasteiger partial charge < -0.3 is 21.7 Å². The van der Waals surface area contributed by atoms with Crippen LogP contribution in [0.25, 0.3) is 0 Å². The van der Waals surface area contributed by atoms with Crippen LogP contribution in [0.4, 0.5) is 5.69 Å². The molecule has 0 spiro atoms. The van der Waals surface area contributed by atoms with Crippen LogP contribution >= 0.6 is 0 Å². The van der Waals surface area contributed by atoms with Crippen LogP contribution in [0.5, 0.6) is 0 Å². The molecule has 1 aromatic rings. The fourth-order valence-electron chi connectivity index (χ4n) is 2.61. The Balaban J connectivity index is 1.89. The van der Waals surface area contributed by atoms with Crippen LogP contribution in [0, 0.1) is 0 Å². The lowest BCUT2D eigenvalue weighted by atomic mass is 9.87. The molecule has 0 bridgehead atoms. The molecule has 2 rings (SSSR count). The minimum absolute atomic E-state index is 0.0342. The molecule has 2 atom stereocenters. The highest BCUT2D eigenvalue weighted by Gasteiger charge is 2.30. The molecule has 126 valence electrons. The third-order valence-corrected chi connectivity index (χ3v) is 4.02. The summed E-state index contributed by atoms with van der Waals surface area (Å²) in [6.45, 7) is 7.00. The Morgan fingerprint density at radius 1 is 1.26 bits per heavy atom. The third kappa shape index (κ3) is 4.77. The van der Waals surface area contributed by atoms with Crippen molar-refractivity contribution in [2.24, 2.45) is 5.73 Å². The van der Waals surface area contributed by atoms with Crippen molar-refractivity contribution in [2.75, 3.05) is 18.4 Å². The van der Waals surface area contributed by atoms with Gasteiger partial charge in [-0.3, -0.25) is 9.59 Å². The summed E-state index contributed by atoms with van der Waals surface area (Å²) in [6.07, 6.45) is 0.567. The fraction of sp³-hybridized carbons (Fsp3) is 0.529. The van der Waals surface area contributed by atoms with Gasteiger partial charge in [0.1, 0.15) is 0 Å². The SMILES string of the molecule is CC(C)(C)c1ccc(NC(=O)C2CC(NC(=O)CN)CN2)cc1. The fourth-order valence-corrected chi connectivity index (χ4v) is 2.61. The monoisotopic (exact) mass is 318 g/mol. The Hall–Kier alpha value is -1.92. The first-order chi connectivity index (χ1) is 10.8. The van der Waals surface area contributed by atoms with E-state index in [4.69, 9.17) is 5.73 Å². The molecule has 23 heavy (non-hydrogen) atoms. The molecule has 1 saturated heterocycles. The predicted octanol–water partition coefficient (Wildman–Crippen LogP) is 0.728. The molecular formula is C17H26N4O2. The summed E-state index contributed by atoms with van der Waals surface area (Å²) < 4.78 is 0. The van der Waals surface area contributed by atoms with Gasteiger partial charge in [-0.2, -0.15) is 0 Å². The molecule has 5 N–H and O–H groups in total. The van der Waals surface area contributed by atoms with Crippen molar-refractivity contribution < 1.29 is 9.59 Å². The first-order valence-corrected chi connectivity index (χ1v) is 7.94. The van der Waals surface area contributed by atoms with Crippen molar-refractivity contribution in [3.63, 3.8) is 0 Å². The number of rotatable bonds is 4. The lowest BCUT2D eigenvalue weighted by Gasteiger charge is -2.19. The summed E-state index contributed by atoms with van der Waals surface area (Å²) >= 11 is 0. The average Bonchev–Trinajstić information content (AvgIpc) is 2.95. The van der Waals surface area contributed by atoms with E-state index in [0.29, 0.717) is 13.0 Å². The summed E-state index contributed by atoms with van der Waals surface area (Å²) in [5, 5.41) is 8.83. The smallest absolute Gasteiger partial charge is 0.241 e. The summed E-state index contributed by atoms with van der Waals surface area (Å²) in [5.74, 6) is -0.284. The maximum absolute atomic E-state index is 12.3. The van der Waals surface area contributed by atoms with Gasteiger partial charge in [0, 0.05) is 18.3 Å². The first kappa shape index (κ1) is 17.4. The topological polar surface area (TPSA) is 96.2 Å². The van der Waals surface area contributed by atoms with Gasteiger partial charge in [0.2, 0.25) is 11.8 Å². The molecule has 0 aliphatic carbocycles. The summed E-state index contributed by atoms with van der Waals surface area (Å²) in [7, 11) is 0. The lowest BCUT2D eigenvalue weighted by molar-refractivity contribution is -0.121. The van der Waals surface area contributed by atoms with Gasteiger partial charge in [0.15, 0.2) is 0 Å². The molecule has 1 aliphatic heterocycles. The zero-order chi connectivity index (χ0) is 17.0. The lowest BCUT2D eigenvalue weighted by Crippen LogP contribution is -2.39.